The number of aromatic nitrogens is 3. The highest BCUT2D eigenvalue weighted by Crippen LogP contribution is 2.31. The number of ether oxygens (including phenoxy) is 1. The fourth-order valence-electron chi connectivity index (χ4n) is 3.58. The molecule has 0 atom stereocenters. The lowest BCUT2D eigenvalue weighted by Gasteiger charge is -2.14. The Morgan fingerprint density at radius 2 is 1.74 bits per heavy atom. The van der Waals surface area contributed by atoms with Crippen molar-refractivity contribution in [1.82, 2.24) is 19.1 Å². The van der Waals surface area contributed by atoms with Crippen LogP contribution in [-0.2, 0) is 14.8 Å². The van der Waals surface area contributed by atoms with Crippen LogP contribution < -0.4 is 15.8 Å². The monoisotopic (exact) mass is 566 g/mol. The molecule has 0 unspecified atom stereocenters. The number of hydrogen-bond acceptors (Lipinski definition) is 8. The molecule has 0 radical (unpaired) electrons. The highest BCUT2D eigenvalue weighted by molar-refractivity contribution is 7.99. The summed E-state index contributed by atoms with van der Waals surface area (Å²) in [5, 5.41) is 11.8. The Balaban J connectivity index is 1.66. The molecular weight excluding hydrogens is 540 g/mol. The molecule has 0 saturated heterocycles. The van der Waals surface area contributed by atoms with Gasteiger partial charge < -0.3 is 15.8 Å². The summed E-state index contributed by atoms with van der Waals surface area (Å²) in [5.74, 6) is 0.149. The summed E-state index contributed by atoms with van der Waals surface area (Å²) in [6.45, 7) is 0. The number of amides is 2. The van der Waals surface area contributed by atoms with E-state index in [1.54, 1.807) is 48.1 Å². The van der Waals surface area contributed by atoms with Crippen molar-refractivity contribution in [3.8, 4) is 22.8 Å². The van der Waals surface area contributed by atoms with E-state index in [2.05, 4.69) is 15.5 Å². The van der Waals surface area contributed by atoms with E-state index >= 15 is 0 Å². The van der Waals surface area contributed by atoms with Crippen molar-refractivity contribution in [1.29, 1.82) is 0 Å². The molecule has 4 aromatic rings. The molecule has 202 valence electrons. The second kappa shape index (κ2) is 11.7. The standard InChI is InChI=1S/C26H26N6O5S2/c1-31(2)39(35,36)22-9-4-6-18(14-22)25-29-30-26(32(25)20-7-5-8-21(15-20)37-3)38-16-23(33)28-19-12-10-17(11-13-19)24(27)34/h4-15H,16H2,1-3H3,(H2,27,34)(H,28,33). The number of methoxy groups -OCH3 is 1. The van der Waals surface area contributed by atoms with Gasteiger partial charge in [-0.25, -0.2) is 12.7 Å². The Labute approximate surface area is 230 Å². The molecule has 0 aliphatic heterocycles. The van der Waals surface area contributed by atoms with E-state index in [0.29, 0.717) is 39.2 Å². The Hall–Kier alpha value is -4.20. The van der Waals surface area contributed by atoms with Gasteiger partial charge in [0, 0.05) is 37.0 Å². The summed E-state index contributed by atoms with van der Waals surface area (Å²) < 4.78 is 33.7. The fraction of sp³-hybridized carbons (Fsp3) is 0.154. The molecule has 0 aliphatic rings. The molecule has 0 saturated carbocycles. The van der Waals surface area contributed by atoms with E-state index in [9.17, 15) is 18.0 Å². The lowest BCUT2D eigenvalue weighted by Crippen LogP contribution is -2.22. The van der Waals surface area contributed by atoms with Crippen molar-refractivity contribution in [3.05, 3.63) is 78.4 Å². The number of thioether (sulfide) groups is 1. The number of nitrogens with zero attached hydrogens (tertiary/aromatic N) is 4. The highest BCUT2D eigenvalue weighted by atomic mass is 32.2. The van der Waals surface area contributed by atoms with Gasteiger partial charge in [0.15, 0.2) is 11.0 Å². The normalized spacial score (nSPS) is 11.4. The molecule has 0 fully saturated rings. The number of benzene rings is 3. The van der Waals surface area contributed by atoms with Gasteiger partial charge in [-0.2, -0.15) is 0 Å². The minimum Gasteiger partial charge on any atom is -0.497 e. The van der Waals surface area contributed by atoms with Crippen LogP contribution in [0.4, 0.5) is 5.69 Å². The van der Waals surface area contributed by atoms with Crippen LogP contribution in [0, 0.1) is 0 Å². The maximum Gasteiger partial charge on any atom is 0.248 e. The van der Waals surface area contributed by atoms with Crippen molar-refractivity contribution < 1.29 is 22.7 Å². The predicted octanol–water partition coefficient (Wildman–Crippen LogP) is 3.02. The molecule has 1 heterocycles. The first-order valence-electron chi connectivity index (χ1n) is 11.6. The summed E-state index contributed by atoms with van der Waals surface area (Å²) in [6.07, 6.45) is 0. The number of nitrogens with two attached hydrogens (primary N) is 1. The second-order valence-corrected chi connectivity index (χ2v) is 11.5. The van der Waals surface area contributed by atoms with Gasteiger partial charge in [0.1, 0.15) is 5.75 Å². The molecule has 11 nitrogen and oxygen atoms in total. The van der Waals surface area contributed by atoms with E-state index in [-0.39, 0.29) is 16.6 Å². The van der Waals surface area contributed by atoms with Crippen LogP contribution in [0.2, 0.25) is 0 Å². The van der Waals surface area contributed by atoms with Gasteiger partial charge in [0.25, 0.3) is 0 Å². The number of carbonyl (C=O) groups is 2. The predicted molar refractivity (Wildman–Crippen MR) is 149 cm³/mol. The molecule has 1 aromatic heterocycles. The summed E-state index contributed by atoms with van der Waals surface area (Å²) in [5.41, 5.74) is 7.30. The maximum atomic E-state index is 12.7. The number of primary amides is 1. The number of sulfonamides is 1. The molecule has 13 heteroatoms. The Kier molecular flexibility index (Phi) is 8.33. The van der Waals surface area contributed by atoms with Gasteiger partial charge in [-0.15, -0.1) is 10.2 Å². The molecule has 39 heavy (non-hydrogen) atoms. The Morgan fingerprint density at radius 1 is 1.03 bits per heavy atom. The Morgan fingerprint density at radius 3 is 2.41 bits per heavy atom. The lowest BCUT2D eigenvalue weighted by atomic mass is 10.2. The third kappa shape index (κ3) is 6.28. The van der Waals surface area contributed by atoms with Crippen LogP contribution in [-0.4, -0.2) is 66.3 Å². The molecule has 0 bridgehead atoms. The van der Waals surface area contributed by atoms with E-state index in [1.807, 2.05) is 12.1 Å². The first kappa shape index (κ1) is 27.8. The molecule has 3 N–H and O–H groups in total. The van der Waals surface area contributed by atoms with Crippen LogP contribution in [0.3, 0.4) is 0 Å². The molecule has 4 rings (SSSR count). The van der Waals surface area contributed by atoms with Crippen molar-refractivity contribution in [2.24, 2.45) is 5.73 Å². The smallest absolute Gasteiger partial charge is 0.248 e. The average molecular weight is 567 g/mol. The average Bonchev–Trinajstić information content (AvgIpc) is 3.36. The molecule has 3 aromatic carbocycles. The second-order valence-electron chi connectivity index (χ2n) is 8.44. The van der Waals surface area contributed by atoms with E-state index in [4.69, 9.17) is 10.5 Å². The fourth-order valence-corrected chi connectivity index (χ4v) is 5.28. The van der Waals surface area contributed by atoms with Gasteiger partial charge in [-0.1, -0.05) is 30.0 Å². The minimum atomic E-state index is -3.68. The number of carbonyl (C=O) groups excluding carboxylic acids is 2. The lowest BCUT2D eigenvalue weighted by molar-refractivity contribution is -0.113. The van der Waals surface area contributed by atoms with Gasteiger partial charge in [0.2, 0.25) is 21.8 Å². The zero-order valence-electron chi connectivity index (χ0n) is 21.4. The zero-order valence-corrected chi connectivity index (χ0v) is 23.0. The molecule has 2 amide bonds. The van der Waals surface area contributed by atoms with Gasteiger partial charge >= 0.3 is 0 Å². The first-order chi connectivity index (χ1) is 18.6. The summed E-state index contributed by atoms with van der Waals surface area (Å²) in [6, 6.07) is 19.9. The number of hydrogen-bond donors (Lipinski definition) is 2. The zero-order chi connectivity index (χ0) is 28.2. The van der Waals surface area contributed by atoms with Gasteiger partial charge in [-0.3, -0.25) is 14.2 Å². The first-order valence-corrected chi connectivity index (χ1v) is 14.0. The minimum absolute atomic E-state index is 0.00865. The largest absolute Gasteiger partial charge is 0.497 e. The van der Waals surface area contributed by atoms with E-state index in [0.717, 1.165) is 16.1 Å². The van der Waals surface area contributed by atoms with Crippen molar-refractivity contribution >= 4 is 39.3 Å². The highest BCUT2D eigenvalue weighted by Gasteiger charge is 2.22. The van der Waals surface area contributed by atoms with Gasteiger partial charge in [0.05, 0.1) is 23.4 Å². The Bertz CT molecular complexity index is 1620. The SMILES string of the molecule is COc1cccc(-n2c(SCC(=O)Nc3ccc(C(N)=O)cc3)nnc2-c2cccc(S(=O)(=O)N(C)C)c2)c1. The number of rotatable bonds is 10. The third-order valence-electron chi connectivity index (χ3n) is 5.60. The van der Waals surface area contributed by atoms with Crippen molar-refractivity contribution in [3.63, 3.8) is 0 Å². The van der Waals surface area contributed by atoms with Crippen LogP contribution in [0.25, 0.3) is 17.1 Å². The molecule has 0 spiro atoms. The van der Waals surface area contributed by atoms with Crippen LogP contribution in [0.5, 0.6) is 5.75 Å². The molecule has 0 aliphatic carbocycles. The van der Waals surface area contributed by atoms with E-state index < -0.39 is 15.9 Å². The number of anilines is 1. The molecular formula is C26H26N6O5S2. The number of nitrogens with one attached hydrogen (secondary N) is 1. The maximum absolute atomic E-state index is 12.7. The topological polar surface area (TPSA) is 150 Å². The quantitative estimate of drug-likeness (QED) is 0.278. The summed E-state index contributed by atoms with van der Waals surface area (Å²) in [4.78, 5) is 24.0. The summed E-state index contributed by atoms with van der Waals surface area (Å²) in [7, 11) is 0.808. The third-order valence-corrected chi connectivity index (χ3v) is 8.34. The van der Waals surface area contributed by atoms with Crippen LogP contribution in [0.15, 0.2) is 82.8 Å². The van der Waals surface area contributed by atoms with Crippen molar-refractivity contribution in [2.45, 2.75) is 10.1 Å². The van der Waals surface area contributed by atoms with Crippen LogP contribution >= 0.6 is 11.8 Å². The van der Waals surface area contributed by atoms with Crippen molar-refractivity contribution in [2.75, 3.05) is 32.3 Å². The van der Waals surface area contributed by atoms with E-state index in [1.165, 1.54) is 38.4 Å². The van der Waals surface area contributed by atoms with Gasteiger partial charge in [-0.05, 0) is 48.5 Å². The van der Waals surface area contributed by atoms with Crippen LogP contribution in [0.1, 0.15) is 10.4 Å². The summed E-state index contributed by atoms with van der Waals surface area (Å²) >= 11 is 1.16.